The zero-order valence-electron chi connectivity index (χ0n) is 9.80. The largest absolute Gasteiger partial charge is 0.329 e. The van der Waals surface area contributed by atoms with Crippen LogP contribution in [-0.2, 0) is 0 Å². The van der Waals surface area contributed by atoms with Crippen LogP contribution in [0.1, 0.15) is 24.4 Å². The van der Waals surface area contributed by atoms with Gasteiger partial charge in [0.15, 0.2) is 0 Å². The van der Waals surface area contributed by atoms with E-state index in [1.165, 1.54) is 24.9 Å². The van der Waals surface area contributed by atoms with Crippen LogP contribution in [0.5, 0.6) is 0 Å². The van der Waals surface area contributed by atoms with E-state index in [-0.39, 0.29) is 12.4 Å². The SMILES string of the molecule is Cc1cnn(C2CCCN(CCN)C2)c1.Cl. The third-order valence-corrected chi connectivity index (χ3v) is 3.03. The topological polar surface area (TPSA) is 47.1 Å². The number of piperidine rings is 1. The summed E-state index contributed by atoms with van der Waals surface area (Å²) in [5, 5.41) is 4.39. The average Bonchev–Trinajstić information content (AvgIpc) is 2.66. The summed E-state index contributed by atoms with van der Waals surface area (Å²) < 4.78 is 2.11. The summed E-state index contributed by atoms with van der Waals surface area (Å²) in [7, 11) is 0. The highest BCUT2D eigenvalue weighted by atomic mass is 35.5. The molecule has 2 N–H and O–H groups in total. The number of aryl methyl sites for hydroxylation is 1. The average molecular weight is 245 g/mol. The lowest BCUT2D eigenvalue weighted by atomic mass is 10.1. The maximum atomic E-state index is 5.58. The molecule has 5 heteroatoms. The molecule has 1 aliphatic heterocycles. The fourth-order valence-corrected chi connectivity index (χ4v) is 2.27. The Hall–Kier alpha value is -0.580. The Balaban J connectivity index is 0.00000128. The molecule has 1 aromatic rings. The van der Waals surface area contributed by atoms with E-state index in [1.807, 2.05) is 6.20 Å². The number of hydrogen-bond donors (Lipinski definition) is 1. The zero-order chi connectivity index (χ0) is 10.7. The van der Waals surface area contributed by atoms with Gasteiger partial charge in [-0.05, 0) is 31.9 Å². The number of nitrogens with two attached hydrogens (primary N) is 1. The van der Waals surface area contributed by atoms with Gasteiger partial charge in [-0.25, -0.2) is 0 Å². The first-order chi connectivity index (χ1) is 7.29. The maximum Gasteiger partial charge on any atom is 0.0646 e. The van der Waals surface area contributed by atoms with Crippen LogP contribution >= 0.6 is 12.4 Å². The summed E-state index contributed by atoms with van der Waals surface area (Å²) in [4.78, 5) is 2.44. The van der Waals surface area contributed by atoms with Crippen molar-refractivity contribution >= 4 is 12.4 Å². The second-order valence-corrected chi connectivity index (χ2v) is 4.38. The quantitative estimate of drug-likeness (QED) is 0.870. The molecule has 1 unspecified atom stereocenters. The predicted molar refractivity (Wildman–Crippen MR) is 68.0 cm³/mol. The van der Waals surface area contributed by atoms with E-state index in [1.54, 1.807) is 0 Å². The minimum absolute atomic E-state index is 0. The number of hydrogen-bond acceptors (Lipinski definition) is 3. The molecule has 0 amide bonds. The monoisotopic (exact) mass is 244 g/mol. The number of rotatable bonds is 3. The molecule has 0 aliphatic carbocycles. The fourth-order valence-electron chi connectivity index (χ4n) is 2.27. The van der Waals surface area contributed by atoms with Crippen molar-refractivity contribution in [1.29, 1.82) is 0 Å². The molecule has 4 nitrogen and oxygen atoms in total. The van der Waals surface area contributed by atoms with Gasteiger partial charge in [0.05, 0.1) is 12.2 Å². The minimum atomic E-state index is 0. The molecule has 1 saturated heterocycles. The van der Waals surface area contributed by atoms with Crippen LogP contribution in [0.2, 0.25) is 0 Å². The van der Waals surface area contributed by atoms with Crippen LogP contribution in [0.15, 0.2) is 12.4 Å². The number of halogens is 1. The van der Waals surface area contributed by atoms with Gasteiger partial charge in [0, 0.05) is 25.8 Å². The van der Waals surface area contributed by atoms with Crippen LogP contribution in [-0.4, -0.2) is 40.9 Å². The van der Waals surface area contributed by atoms with Gasteiger partial charge in [-0.3, -0.25) is 9.58 Å². The van der Waals surface area contributed by atoms with Gasteiger partial charge in [-0.15, -0.1) is 12.4 Å². The molecule has 1 fully saturated rings. The van der Waals surface area contributed by atoms with Gasteiger partial charge in [-0.2, -0.15) is 5.10 Å². The van der Waals surface area contributed by atoms with E-state index in [4.69, 9.17) is 5.73 Å². The van der Waals surface area contributed by atoms with E-state index in [0.29, 0.717) is 6.04 Å². The smallest absolute Gasteiger partial charge is 0.0646 e. The summed E-state index contributed by atoms with van der Waals surface area (Å²) in [5.41, 5.74) is 6.83. The molecule has 1 aliphatic rings. The normalized spacial score (nSPS) is 21.8. The highest BCUT2D eigenvalue weighted by Gasteiger charge is 2.20. The van der Waals surface area contributed by atoms with Crippen molar-refractivity contribution in [2.45, 2.75) is 25.8 Å². The Labute approximate surface area is 103 Å². The predicted octanol–water partition coefficient (Wildman–Crippen LogP) is 1.21. The molecule has 1 atom stereocenters. The second kappa shape index (κ2) is 6.23. The standard InChI is InChI=1S/C11H20N4.ClH/c1-10-7-13-15(8-10)11-3-2-5-14(9-11)6-4-12;/h7-8,11H,2-6,9,12H2,1H3;1H. The van der Waals surface area contributed by atoms with Crippen molar-refractivity contribution in [2.75, 3.05) is 26.2 Å². The minimum Gasteiger partial charge on any atom is -0.329 e. The molecule has 0 saturated carbocycles. The third-order valence-electron chi connectivity index (χ3n) is 3.03. The molecule has 0 radical (unpaired) electrons. The maximum absolute atomic E-state index is 5.58. The van der Waals surface area contributed by atoms with Gasteiger partial charge in [0.25, 0.3) is 0 Å². The van der Waals surface area contributed by atoms with E-state index in [9.17, 15) is 0 Å². The number of nitrogens with zero attached hydrogens (tertiary/aromatic N) is 3. The molecule has 1 aromatic heterocycles. The van der Waals surface area contributed by atoms with Crippen LogP contribution in [0.3, 0.4) is 0 Å². The Bertz CT molecular complexity index is 311. The first-order valence-electron chi connectivity index (χ1n) is 5.73. The molecule has 92 valence electrons. The Morgan fingerprint density at radius 1 is 1.56 bits per heavy atom. The lowest BCUT2D eigenvalue weighted by Gasteiger charge is -2.32. The summed E-state index contributed by atoms with van der Waals surface area (Å²) >= 11 is 0. The Morgan fingerprint density at radius 2 is 2.38 bits per heavy atom. The Morgan fingerprint density at radius 3 is 3.00 bits per heavy atom. The molecule has 0 bridgehead atoms. The van der Waals surface area contributed by atoms with Crippen molar-refractivity contribution in [1.82, 2.24) is 14.7 Å². The third kappa shape index (κ3) is 3.20. The summed E-state index contributed by atoms with van der Waals surface area (Å²) in [6.45, 7) is 6.14. The van der Waals surface area contributed by atoms with Gasteiger partial charge in [-0.1, -0.05) is 0 Å². The van der Waals surface area contributed by atoms with E-state index < -0.39 is 0 Å². The molecule has 16 heavy (non-hydrogen) atoms. The van der Waals surface area contributed by atoms with Gasteiger partial charge < -0.3 is 5.73 Å². The van der Waals surface area contributed by atoms with Crippen LogP contribution in [0.25, 0.3) is 0 Å². The lowest BCUT2D eigenvalue weighted by Crippen LogP contribution is -2.39. The highest BCUT2D eigenvalue weighted by molar-refractivity contribution is 5.85. The van der Waals surface area contributed by atoms with E-state index >= 15 is 0 Å². The zero-order valence-corrected chi connectivity index (χ0v) is 10.6. The van der Waals surface area contributed by atoms with E-state index in [2.05, 4.69) is 27.8 Å². The highest BCUT2D eigenvalue weighted by Crippen LogP contribution is 2.20. The lowest BCUT2D eigenvalue weighted by molar-refractivity contribution is 0.174. The van der Waals surface area contributed by atoms with Crippen molar-refractivity contribution < 1.29 is 0 Å². The molecule has 0 spiro atoms. The summed E-state index contributed by atoms with van der Waals surface area (Å²) in [5.74, 6) is 0. The van der Waals surface area contributed by atoms with Gasteiger partial charge in [0.1, 0.15) is 0 Å². The number of aromatic nitrogens is 2. The van der Waals surface area contributed by atoms with Crippen molar-refractivity contribution in [3.63, 3.8) is 0 Å². The molecular weight excluding hydrogens is 224 g/mol. The van der Waals surface area contributed by atoms with Crippen molar-refractivity contribution in [3.8, 4) is 0 Å². The van der Waals surface area contributed by atoms with Gasteiger partial charge >= 0.3 is 0 Å². The first-order valence-corrected chi connectivity index (χ1v) is 5.73. The van der Waals surface area contributed by atoms with Crippen LogP contribution in [0.4, 0.5) is 0 Å². The molecular formula is C11H21ClN4. The van der Waals surface area contributed by atoms with Crippen LogP contribution in [0, 0.1) is 6.92 Å². The second-order valence-electron chi connectivity index (χ2n) is 4.38. The molecule has 2 heterocycles. The van der Waals surface area contributed by atoms with Crippen molar-refractivity contribution in [2.24, 2.45) is 5.73 Å². The molecule has 0 aromatic carbocycles. The summed E-state index contributed by atoms with van der Waals surface area (Å²) in [6.07, 6.45) is 6.56. The van der Waals surface area contributed by atoms with Crippen molar-refractivity contribution in [3.05, 3.63) is 18.0 Å². The number of likely N-dealkylation sites (tertiary alicyclic amines) is 1. The Kier molecular flexibility index (Phi) is 5.25. The first kappa shape index (κ1) is 13.5. The van der Waals surface area contributed by atoms with Gasteiger partial charge in [0.2, 0.25) is 0 Å². The summed E-state index contributed by atoms with van der Waals surface area (Å²) in [6, 6.07) is 0.541. The fraction of sp³-hybridized carbons (Fsp3) is 0.727. The van der Waals surface area contributed by atoms with E-state index in [0.717, 1.165) is 19.6 Å². The molecule has 2 rings (SSSR count). The van der Waals surface area contributed by atoms with Crippen LogP contribution < -0.4 is 5.73 Å².